The summed E-state index contributed by atoms with van der Waals surface area (Å²) in [6.45, 7) is 9.26. The molecule has 1 aliphatic rings. The minimum Gasteiger partial charge on any atom is -0.383 e. The van der Waals surface area contributed by atoms with Crippen LogP contribution in [0.2, 0.25) is 0 Å². The lowest BCUT2D eigenvalue weighted by molar-refractivity contribution is 0.0976. The van der Waals surface area contributed by atoms with Gasteiger partial charge in [-0.05, 0) is 31.2 Å². The van der Waals surface area contributed by atoms with Gasteiger partial charge in [0.05, 0.1) is 6.61 Å². The van der Waals surface area contributed by atoms with E-state index in [0.717, 1.165) is 25.0 Å². The number of likely N-dealkylation sites (tertiary alicyclic amines) is 1. The van der Waals surface area contributed by atoms with Crippen molar-refractivity contribution in [2.24, 2.45) is 11.8 Å². The molecule has 0 saturated carbocycles. The van der Waals surface area contributed by atoms with E-state index in [1.807, 2.05) is 0 Å². The number of methoxy groups -OCH3 is 1. The van der Waals surface area contributed by atoms with Gasteiger partial charge >= 0.3 is 0 Å². The lowest BCUT2D eigenvalue weighted by Gasteiger charge is -2.35. The van der Waals surface area contributed by atoms with Gasteiger partial charge in [0.25, 0.3) is 0 Å². The van der Waals surface area contributed by atoms with Gasteiger partial charge in [-0.3, -0.25) is 0 Å². The first-order valence-electron chi connectivity index (χ1n) is 5.99. The summed E-state index contributed by atoms with van der Waals surface area (Å²) in [4.78, 5) is 2.56. The maximum absolute atomic E-state index is 5.12. The molecule has 0 radical (unpaired) electrons. The fourth-order valence-electron chi connectivity index (χ4n) is 2.31. The molecule has 0 N–H and O–H groups in total. The molecule has 2 nitrogen and oxygen atoms in total. The summed E-state index contributed by atoms with van der Waals surface area (Å²) in [7, 11) is 1.79. The fraction of sp³-hybridized carbons (Fsp3) is 1.00. The van der Waals surface area contributed by atoms with Crippen molar-refractivity contribution in [3.63, 3.8) is 0 Å². The van der Waals surface area contributed by atoms with Crippen LogP contribution in [0.3, 0.4) is 0 Å². The third-order valence-corrected chi connectivity index (χ3v) is 3.60. The molecule has 0 spiro atoms. The zero-order valence-corrected chi connectivity index (χ0v) is 9.96. The van der Waals surface area contributed by atoms with Crippen LogP contribution in [0.15, 0.2) is 0 Å². The van der Waals surface area contributed by atoms with Gasteiger partial charge in [0.1, 0.15) is 0 Å². The number of nitrogens with zero attached hydrogens (tertiary/aromatic N) is 1. The predicted molar refractivity (Wildman–Crippen MR) is 60.5 cm³/mol. The Kier molecular flexibility index (Phi) is 5.49. The van der Waals surface area contributed by atoms with Crippen LogP contribution in [0.25, 0.3) is 0 Å². The molecule has 0 aromatic heterocycles. The molecule has 1 aliphatic heterocycles. The molecule has 1 rings (SSSR count). The number of hydrogen-bond acceptors (Lipinski definition) is 2. The molecule has 1 saturated heterocycles. The molecule has 2 atom stereocenters. The highest BCUT2D eigenvalue weighted by atomic mass is 16.5. The molecule has 1 heterocycles. The molecule has 0 amide bonds. The Morgan fingerprint density at radius 3 is 2.93 bits per heavy atom. The zero-order valence-electron chi connectivity index (χ0n) is 9.96. The maximum Gasteiger partial charge on any atom is 0.0589 e. The molecular weight excluding hydrogens is 174 g/mol. The van der Waals surface area contributed by atoms with Gasteiger partial charge in [-0.25, -0.2) is 0 Å². The molecule has 0 bridgehead atoms. The predicted octanol–water partition coefficient (Wildman–Crippen LogP) is 2.39. The van der Waals surface area contributed by atoms with Crippen LogP contribution in [-0.4, -0.2) is 38.3 Å². The topological polar surface area (TPSA) is 12.5 Å². The van der Waals surface area contributed by atoms with Crippen LogP contribution in [0, 0.1) is 11.8 Å². The largest absolute Gasteiger partial charge is 0.383 e. The lowest BCUT2D eigenvalue weighted by Crippen LogP contribution is -2.39. The van der Waals surface area contributed by atoms with E-state index >= 15 is 0 Å². The van der Waals surface area contributed by atoms with Crippen molar-refractivity contribution in [3.8, 4) is 0 Å². The second-order valence-corrected chi connectivity index (χ2v) is 4.58. The highest BCUT2D eigenvalue weighted by molar-refractivity contribution is 4.76. The van der Waals surface area contributed by atoms with E-state index in [4.69, 9.17) is 4.74 Å². The number of rotatable bonds is 5. The number of piperidine rings is 1. The smallest absolute Gasteiger partial charge is 0.0589 e. The van der Waals surface area contributed by atoms with E-state index in [1.54, 1.807) is 7.11 Å². The van der Waals surface area contributed by atoms with Crippen LogP contribution in [0.5, 0.6) is 0 Å². The third-order valence-electron chi connectivity index (χ3n) is 3.60. The van der Waals surface area contributed by atoms with E-state index in [2.05, 4.69) is 18.7 Å². The quantitative estimate of drug-likeness (QED) is 0.674. The second kappa shape index (κ2) is 6.41. The highest BCUT2D eigenvalue weighted by Gasteiger charge is 2.22. The van der Waals surface area contributed by atoms with Crippen LogP contribution in [0.1, 0.15) is 33.1 Å². The van der Waals surface area contributed by atoms with Gasteiger partial charge in [0.15, 0.2) is 0 Å². The summed E-state index contributed by atoms with van der Waals surface area (Å²) in [6, 6.07) is 0. The van der Waals surface area contributed by atoms with Gasteiger partial charge in [0.2, 0.25) is 0 Å². The first kappa shape index (κ1) is 12.0. The molecule has 2 heteroatoms. The van der Waals surface area contributed by atoms with Crippen molar-refractivity contribution in [1.29, 1.82) is 0 Å². The Balaban J connectivity index is 2.28. The summed E-state index contributed by atoms with van der Waals surface area (Å²) >= 11 is 0. The first-order chi connectivity index (χ1) is 6.77. The summed E-state index contributed by atoms with van der Waals surface area (Å²) in [5.41, 5.74) is 0. The Morgan fingerprint density at radius 2 is 2.29 bits per heavy atom. The molecule has 84 valence electrons. The molecular formula is C12H25NO. The molecule has 0 aromatic carbocycles. The summed E-state index contributed by atoms with van der Waals surface area (Å²) in [6.07, 6.45) is 4.12. The Hall–Kier alpha value is -0.0800. The van der Waals surface area contributed by atoms with Crippen LogP contribution in [-0.2, 0) is 4.74 Å². The molecule has 2 unspecified atom stereocenters. The standard InChI is InChI=1S/C12H25NO/c1-4-11(2)12-6-5-7-13(10-12)8-9-14-3/h11-12H,4-10H2,1-3H3. The fourth-order valence-corrected chi connectivity index (χ4v) is 2.31. The number of hydrogen-bond donors (Lipinski definition) is 0. The van der Waals surface area contributed by atoms with Gasteiger partial charge < -0.3 is 9.64 Å². The van der Waals surface area contributed by atoms with E-state index in [-0.39, 0.29) is 0 Å². The van der Waals surface area contributed by atoms with E-state index < -0.39 is 0 Å². The zero-order chi connectivity index (χ0) is 10.4. The molecule has 0 aliphatic carbocycles. The average Bonchev–Trinajstić information content (AvgIpc) is 2.25. The van der Waals surface area contributed by atoms with Gasteiger partial charge in [-0.15, -0.1) is 0 Å². The SMILES string of the molecule is CCC(C)C1CCCN(CCOC)C1. The van der Waals surface area contributed by atoms with Crippen molar-refractivity contribution in [3.05, 3.63) is 0 Å². The van der Waals surface area contributed by atoms with Gasteiger partial charge in [-0.2, -0.15) is 0 Å². The highest BCUT2D eigenvalue weighted by Crippen LogP contribution is 2.25. The monoisotopic (exact) mass is 199 g/mol. The van der Waals surface area contributed by atoms with Crippen molar-refractivity contribution in [1.82, 2.24) is 4.90 Å². The maximum atomic E-state index is 5.12. The summed E-state index contributed by atoms with van der Waals surface area (Å²) < 4.78 is 5.12. The summed E-state index contributed by atoms with van der Waals surface area (Å²) in [5, 5.41) is 0. The average molecular weight is 199 g/mol. The van der Waals surface area contributed by atoms with E-state index in [0.29, 0.717) is 0 Å². The van der Waals surface area contributed by atoms with E-state index in [9.17, 15) is 0 Å². The molecule has 1 fully saturated rings. The minimum absolute atomic E-state index is 0.882. The first-order valence-corrected chi connectivity index (χ1v) is 5.99. The Morgan fingerprint density at radius 1 is 1.50 bits per heavy atom. The van der Waals surface area contributed by atoms with Crippen LogP contribution < -0.4 is 0 Å². The van der Waals surface area contributed by atoms with Crippen molar-refractivity contribution in [2.75, 3.05) is 33.4 Å². The Bertz CT molecular complexity index is 149. The van der Waals surface area contributed by atoms with Crippen molar-refractivity contribution in [2.45, 2.75) is 33.1 Å². The van der Waals surface area contributed by atoms with Gasteiger partial charge in [0, 0.05) is 20.2 Å². The lowest BCUT2D eigenvalue weighted by atomic mass is 9.85. The number of ether oxygens (including phenoxy) is 1. The molecule has 0 aromatic rings. The second-order valence-electron chi connectivity index (χ2n) is 4.58. The van der Waals surface area contributed by atoms with E-state index in [1.165, 1.54) is 32.4 Å². The van der Waals surface area contributed by atoms with Crippen molar-refractivity contribution >= 4 is 0 Å². The molecule has 14 heavy (non-hydrogen) atoms. The Labute approximate surface area is 88.6 Å². The van der Waals surface area contributed by atoms with Crippen LogP contribution >= 0.6 is 0 Å². The minimum atomic E-state index is 0.882. The third kappa shape index (κ3) is 3.58. The normalized spacial score (nSPS) is 26.4. The van der Waals surface area contributed by atoms with Gasteiger partial charge in [-0.1, -0.05) is 20.3 Å². The van der Waals surface area contributed by atoms with Crippen molar-refractivity contribution < 1.29 is 4.74 Å². The summed E-state index contributed by atoms with van der Waals surface area (Å²) in [5.74, 6) is 1.81. The van der Waals surface area contributed by atoms with Crippen LogP contribution in [0.4, 0.5) is 0 Å².